The molecule has 1 aromatic rings. The van der Waals surface area contributed by atoms with Crippen molar-refractivity contribution < 1.29 is 27.8 Å². The van der Waals surface area contributed by atoms with Crippen LogP contribution in [0, 0.1) is 0 Å². The molecule has 0 aromatic heterocycles. The molecule has 1 N–H and O–H groups in total. The van der Waals surface area contributed by atoms with Crippen LogP contribution in [-0.4, -0.2) is 37.5 Å². The number of ether oxygens (including phenoxy) is 3. The molecule has 2 aliphatic rings. The van der Waals surface area contributed by atoms with Crippen LogP contribution >= 0.6 is 11.6 Å². The third kappa shape index (κ3) is 2.57. The Balaban J connectivity index is 1.89. The highest BCUT2D eigenvalue weighted by Gasteiger charge is 2.45. The molecule has 6 nitrogen and oxygen atoms in total. The number of rotatable bonds is 2. The van der Waals surface area contributed by atoms with Gasteiger partial charge in [0.2, 0.25) is 0 Å². The Morgan fingerprint density at radius 1 is 1.45 bits per heavy atom. The van der Waals surface area contributed by atoms with E-state index in [0.29, 0.717) is 12.0 Å². The third-order valence-electron chi connectivity index (χ3n) is 3.65. The standard InChI is InChI=1S/C13H13ClF2N2O4/c1-18-9(5-8(17-18)12(19)20-2)6-3-10-11(4-7(6)14)22-13(15,16)21-10/h3-4,8-9,17H,5H2,1-2H3. The SMILES string of the molecule is COC(=O)C1CC(c2cc3c(cc2Cl)OC(F)(F)O3)N(C)N1. The maximum absolute atomic E-state index is 13.1. The second-order valence-electron chi connectivity index (χ2n) is 5.06. The molecule has 22 heavy (non-hydrogen) atoms. The predicted molar refractivity (Wildman–Crippen MR) is 71.7 cm³/mol. The van der Waals surface area contributed by atoms with Gasteiger partial charge in [-0.25, -0.2) is 10.4 Å². The molecule has 1 fully saturated rings. The van der Waals surface area contributed by atoms with E-state index in [-0.39, 0.29) is 22.6 Å². The molecule has 0 bridgehead atoms. The first-order valence-corrected chi connectivity index (χ1v) is 6.84. The van der Waals surface area contributed by atoms with Crippen molar-refractivity contribution in [2.24, 2.45) is 0 Å². The van der Waals surface area contributed by atoms with Crippen LogP contribution in [0.1, 0.15) is 18.0 Å². The van der Waals surface area contributed by atoms with E-state index in [2.05, 4.69) is 14.9 Å². The molecule has 0 saturated carbocycles. The minimum atomic E-state index is -3.70. The Morgan fingerprint density at radius 3 is 2.73 bits per heavy atom. The van der Waals surface area contributed by atoms with Crippen molar-refractivity contribution in [1.29, 1.82) is 0 Å². The number of halogens is 3. The first-order valence-electron chi connectivity index (χ1n) is 6.47. The third-order valence-corrected chi connectivity index (χ3v) is 3.98. The predicted octanol–water partition coefficient (Wildman–Crippen LogP) is 2.08. The first kappa shape index (κ1) is 15.3. The number of nitrogens with zero attached hydrogens (tertiary/aromatic N) is 1. The second-order valence-corrected chi connectivity index (χ2v) is 5.46. The molecule has 120 valence electrons. The topological polar surface area (TPSA) is 60.0 Å². The molecular formula is C13H13ClF2N2O4. The average molecular weight is 335 g/mol. The fourth-order valence-electron chi connectivity index (χ4n) is 2.64. The summed E-state index contributed by atoms with van der Waals surface area (Å²) in [4.78, 5) is 11.6. The highest BCUT2D eigenvalue weighted by Crippen LogP contribution is 2.46. The molecule has 0 radical (unpaired) electrons. The van der Waals surface area contributed by atoms with Gasteiger partial charge in [-0.15, -0.1) is 8.78 Å². The number of benzene rings is 1. The number of hydrogen-bond donors (Lipinski definition) is 1. The molecule has 0 aliphatic carbocycles. The molecule has 1 aromatic carbocycles. The number of carbonyl (C=O) groups excluding carboxylic acids is 1. The first-order chi connectivity index (χ1) is 10.3. The van der Waals surface area contributed by atoms with E-state index in [1.165, 1.54) is 19.2 Å². The average Bonchev–Trinajstić information content (AvgIpc) is 2.95. The molecule has 0 amide bonds. The van der Waals surface area contributed by atoms with Gasteiger partial charge in [-0.1, -0.05) is 11.6 Å². The van der Waals surface area contributed by atoms with Crippen molar-refractivity contribution in [3.05, 3.63) is 22.7 Å². The van der Waals surface area contributed by atoms with Gasteiger partial charge in [-0.3, -0.25) is 4.79 Å². The van der Waals surface area contributed by atoms with Crippen LogP contribution in [-0.2, 0) is 9.53 Å². The lowest BCUT2D eigenvalue weighted by Crippen LogP contribution is -2.38. The smallest absolute Gasteiger partial charge is 0.468 e. The zero-order chi connectivity index (χ0) is 16.1. The summed E-state index contributed by atoms with van der Waals surface area (Å²) in [6.07, 6.45) is -3.31. The lowest BCUT2D eigenvalue weighted by molar-refractivity contribution is -0.286. The van der Waals surface area contributed by atoms with Gasteiger partial charge >= 0.3 is 12.3 Å². The van der Waals surface area contributed by atoms with Gasteiger partial charge < -0.3 is 14.2 Å². The molecule has 2 aliphatic heterocycles. The highest BCUT2D eigenvalue weighted by molar-refractivity contribution is 6.31. The van der Waals surface area contributed by atoms with Crippen molar-refractivity contribution in [3.8, 4) is 11.5 Å². The van der Waals surface area contributed by atoms with Crippen LogP contribution in [0.25, 0.3) is 0 Å². The Kier molecular flexibility index (Phi) is 3.62. The van der Waals surface area contributed by atoms with Gasteiger partial charge in [0.15, 0.2) is 11.5 Å². The summed E-state index contributed by atoms with van der Waals surface area (Å²) in [7, 11) is 3.02. The normalized spacial score (nSPS) is 26.2. The lowest BCUT2D eigenvalue weighted by Gasteiger charge is -2.20. The van der Waals surface area contributed by atoms with Crippen molar-refractivity contribution in [2.75, 3.05) is 14.2 Å². The second kappa shape index (κ2) is 5.22. The van der Waals surface area contributed by atoms with Gasteiger partial charge in [-0.2, -0.15) is 0 Å². The lowest BCUT2D eigenvalue weighted by atomic mass is 10.0. The molecular weight excluding hydrogens is 322 g/mol. The minimum absolute atomic E-state index is 0.0840. The fraction of sp³-hybridized carbons (Fsp3) is 0.462. The van der Waals surface area contributed by atoms with E-state index in [1.54, 1.807) is 12.1 Å². The molecule has 2 unspecified atom stereocenters. The van der Waals surface area contributed by atoms with Crippen LogP contribution in [0.2, 0.25) is 5.02 Å². The number of hydrazine groups is 1. The van der Waals surface area contributed by atoms with Gasteiger partial charge in [0.25, 0.3) is 0 Å². The molecule has 9 heteroatoms. The minimum Gasteiger partial charge on any atom is -0.468 e. The summed E-state index contributed by atoms with van der Waals surface area (Å²) >= 11 is 6.16. The van der Waals surface area contributed by atoms with Crippen molar-refractivity contribution in [1.82, 2.24) is 10.4 Å². The van der Waals surface area contributed by atoms with Gasteiger partial charge in [0.05, 0.1) is 13.2 Å². The van der Waals surface area contributed by atoms with E-state index in [4.69, 9.17) is 16.3 Å². The number of alkyl halides is 2. The zero-order valence-electron chi connectivity index (χ0n) is 11.7. The maximum Gasteiger partial charge on any atom is 0.586 e. The summed E-state index contributed by atoms with van der Waals surface area (Å²) in [6.45, 7) is 0. The maximum atomic E-state index is 13.1. The van der Waals surface area contributed by atoms with Gasteiger partial charge in [0, 0.05) is 18.1 Å². The van der Waals surface area contributed by atoms with Crippen molar-refractivity contribution >= 4 is 17.6 Å². The summed E-state index contributed by atoms with van der Waals surface area (Å²) in [5.41, 5.74) is 3.50. The fourth-order valence-corrected chi connectivity index (χ4v) is 2.92. The highest BCUT2D eigenvalue weighted by atomic mass is 35.5. The molecule has 3 rings (SSSR count). The van der Waals surface area contributed by atoms with Crippen LogP contribution in [0.5, 0.6) is 11.5 Å². The molecule has 2 heterocycles. The number of nitrogens with one attached hydrogen (secondary N) is 1. The Labute approximate surface area is 129 Å². The van der Waals surface area contributed by atoms with Gasteiger partial charge in [0.1, 0.15) is 6.04 Å². The molecule has 2 atom stereocenters. The van der Waals surface area contributed by atoms with E-state index >= 15 is 0 Å². The monoisotopic (exact) mass is 334 g/mol. The summed E-state index contributed by atoms with van der Waals surface area (Å²) in [5.74, 6) is -0.603. The molecule has 0 spiro atoms. The Bertz CT molecular complexity index is 628. The van der Waals surface area contributed by atoms with E-state index < -0.39 is 18.3 Å². The quantitative estimate of drug-likeness (QED) is 0.836. The van der Waals surface area contributed by atoms with E-state index in [9.17, 15) is 13.6 Å². The number of methoxy groups -OCH3 is 1. The molecule has 1 saturated heterocycles. The largest absolute Gasteiger partial charge is 0.586 e. The summed E-state index contributed by atoms with van der Waals surface area (Å²) < 4.78 is 39.7. The summed E-state index contributed by atoms with van der Waals surface area (Å²) in [6, 6.07) is 1.87. The van der Waals surface area contributed by atoms with E-state index in [1.807, 2.05) is 0 Å². The van der Waals surface area contributed by atoms with Crippen molar-refractivity contribution in [2.45, 2.75) is 24.8 Å². The number of esters is 1. The Morgan fingerprint density at radius 2 is 2.09 bits per heavy atom. The number of hydrogen-bond acceptors (Lipinski definition) is 6. The number of carbonyl (C=O) groups is 1. The summed E-state index contributed by atoms with van der Waals surface area (Å²) in [5, 5.41) is 1.94. The van der Waals surface area contributed by atoms with Crippen LogP contribution < -0.4 is 14.9 Å². The van der Waals surface area contributed by atoms with Crippen LogP contribution in [0.15, 0.2) is 12.1 Å². The Hall–Kier alpha value is -1.64. The van der Waals surface area contributed by atoms with Gasteiger partial charge in [-0.05, 0) is 18.1 Å². The number of fused-ring (bicyclic) bond motifs is 1. The van der Waals surface area contributed by atoms with Crippen molar-refractivity contribution in [3.63, 3.8) is 0 Å². The van der Waals surface area contributed by atoms with Crippen LogP contribution in [0.4, 0.5) is 8.78 Å². The zero-order valence-corrected chi connectivity index (χ0v) is 12.5. The van der Waals surface area contributed by atoms with E-state index in [0.717, 1.165) is 0 Å². The van der Waals surface area contributed by atoms with Crippen LogP contribution in [0.3, 0.4) is 0 Å².